The van der Waals surface area contributed by atoms with Crippen molar-refractivity contribution in [3.8, 4) is 0 Å². The lowest BCUT2D eigenvalue weighted by atomic mass is 10.3. The third-order valence-electron chi connectivity index (χ3n) is 3.83. The van der Waals surface area contributed by atoms with Crippen molar-refractivity contribution in [1.29, 1.82) is 0 Å². The predicted octanol–water partition coefficient (Wildman–Crippen LogP) is 2.23. The lowest BCUT2D eigenvalue weighted by Crippen LogP contribution is -2.30. The number of anilines is 1. The maximum Gasteiger partial charge on any atom is 0.375 e. The van der Waals surface area contributed by atoms with Crippen molar-refractivity contribution in [1.82, 2.24) is 9.97 Å². The van der Waals surface area contributed by atoms with Crippen LogP contribution in [0.4, 0.5) is 5.95 Å². The number of esters is 1. The molecule has 10 heteroatoms. The van der Waals surface area contributed by atoms with E-state index in [0.29, 0.717) is 0 Å². The average Bonchev–Trinajstić information content (AvgIpc) is 3.17. The van der Waals surface area contributed by atoms with Gasteiger partial charge < -0.3 is 9.15 Å². The molecule has 0 bridgehead atoms. The molecule has 1 aromatic carbocycles. The Morgan fingerprint density at radius 2 is 1.79 bits per heavy atom. The molecule has 0 aliphatic heterocycles. The molecule has 1 amide bonds. The van der Waals surface area contributed by atoms with Gasteiger partial charge in [-0.1, -0.05) is 18.2 Å². The Labute approximate surface area is 166 Å². The van der Waals surface area contributed by atoms with E-state index >= 15 is 0 Å². The van der Waals surface area contributed by atoms with E-state index < -0.39 is 33.6 Å². The second-order valence-corrected chi connectivity index (χ2v) is 7.95. The Morgan fingerprint density at radius 1 is 1.10 bits per heavy atom. The van der Waals surface area contributed by atoms with E-state index in [4.69, 9.17) is 9.15 Å². The van der Waals surface area contributed by atoms with Crippen molar-refractivity contribution >= 4 is 27.7 Å². The summed E-state index contributed by atoms with van der Waals surface area (Å²) in [6.45, 7) is 1.36. The molecule has 0 saturated carbocycles. The molecule has 150 valence electrons. The Hall–Kier alpha value is -3.53. The lowest BCUT2D eigenvalue weighted by Gasteiger charge is -2.12. The van der Waals surface area contributed by atoms with Crippen LogP contribution in [0, 0.1) is 0 Å². The monoisotopic (exact) mass is 415 g/mol. The highest BCUT2D eigenvalue weighted by atomic mass is 32.2. The van der Waals surface area contributed by atoms with Crippen molar-refractivity contribution in [2.24, 2.45) is 0 Å². The number of rotatable bonds is 7. The number of benzene rings is 1. The maximum atomic E-state index is 12.5. The lowest BCUT2D eigenvalue weighted by molar-refractivity contribution is -0.123. The van der Waals surface area contributed by atoms with Crippen LogP contribution in [0.1, 0.15) is 23.0 Å². The maximum absolute atomic E-state index is 12.5. The Bertz CT molecular complexity index is 1100. The van der Waals surface area contributed by atoms with Crippen LogP contribution < -0.4 is 5.32 Å². The van der Waals surface area contributed by atoms with E-state index in [9.17, 15) is 18.0 Å². The number of furan rings is 1. The number of hydrogen-bond donors (Lipinski definition) is 1. The summed E-state index contributed by atoms with van der Waals surface area (Å²) < 4.78 is 35.3. The Balaban J connectivity index is 1.68. The molecule has 3 aromatic rings. The summed E-state index contributed by atoms with van der Waals surface area (Å²) in [5.74, 6) is -2.26. The zero-order valence-corrected chi connectivity index (χ0v) is 16.1. The third kappa shape index (κ3) is 5.05. The predicted molar refractivity (Wildman–Crippen MR) is 102 cm³/mol. The summed E-state index contributed by atoms with van der Waals surface area (Å²) in [6.07, 6.45) is 2.90. The van der Waals surface area contributed by atoms with Crippen molar-refractivity contribution in [3.05, 3.63) is 72.4 Å². The minimum Gasteiger partial charge on any atom is -0.457 e. The molecular weight excluding hydrogens is 398 g/mol. The van der Waals surface area contributed by atoms with Crippen LogP contribution in [0.15, 0.2) is 70.4 Å². The molecular formula is C19H17N3O6S. The van der Waals surface area contributed by atoms with Crippen molar-refractivity contribution < 1.29 is 27.2 Å². The largest absolute Gasteiger partial charge is 0.457 e. The van der Waals surface area contributed by atoms with E-state index in [1.54, 1.807) is 24.3 Å². The number of carbonyl (C=O) groups is 2. The second-order valence-electron chi connectivity index (χ2n) is 5.96. The van der Waals surface area contributed by atoms with Crippen molar-refractivity contribution in [3.63, 3.8) is 0 Å². The van der Waals surface area contributed by atoms with Gasteiger partial charge in [-0.15, -0.1) is 0 Å². The van der Waals surface area contributed by atoms with Gasteiger partial charge in [0.15, 0.2) is 15.9 Å². The van der Waals surface area contributed by atoms with E-state index in [2.05, 4.69) is 15.3 Å². The van der Waals surface area contributed by atoms with Crippen LogP contribution in [0.5, 0.6) is 0 Å². The van der Waals surface area contributed by atoms with Gasteiger partial charge in [-0.2, -0.15) is 0 Å². The fourth-order valence-electron chi connectivity index (χ4n) is 2.39. The molecule has 9 nitrogen and oxygen atoms in total. The van der Waals surface area contributed by atoms with Gasteiger partial charge >= 0.3 is 5.97 Å². The molecule has 0 radical (unpaired) electrons. The molecule has 0 saturated heterocycles. The summed E-state index contributed by atoms with van der Waals surface area (Å²) in [4.78, 5) is 32.3. The fourth-order valence-corrected chi connectivity index (χ4v) is 3.76. The molecule has 0 spiro atoms. The number of nitrogens with zero attached hydrogens (tertiary/aromatic N) is 2. The zero-order valence-electron chi connectivity index (χ0n) is 15.3. The number of carbonyl (C=O) groups excluding carboxylic acids is 2. The van der Waals surface area contributed by atoms with Crippen LogP contribution in [0.2, 0.25) is 0 Å². The summed E-state index contributed by atoms with van der Waals surface area (Å²) in [6, 6.07) is 10.8. The summed E-state index contributed by atoms with van der Waals surface area (Å²) in [7, 11) is -3.69. The molecule has 3 rings (SSSR count). The van der Waals surface area contributed by atoms with Crippen molar-refractivity contribution in [2.75, 3.05) is 5.32 Å². The number of hydrogen-bond acceptors (Lipinski definition) is 8. The summed E-state index contributed by atoms with van der Waals surface area (Å²) >= 11 is 0. The van der Waals surface area contributed by atoms with Gasteiger partial charge in [0.05, 0.1) is 16.9 Å². The van der Waals surface area contributed by atoms with Crippen LogP contribution >= 0.6 is 0 Å². The Morgan fingerprint density at radius 3 is 2.48 bits per heavy atom. The molecule has 2 heterocycles. The SMILES string of the molecule is CC(OC(=O)c1occc1CS(=O)(=O)c1ccccc1)C(=O)Nc1ncccn1. The molecule has 0 aliphatic carbocycles. The minimum atomic E-state index is -3.69. The highest BCUT2D eigenvalue weighted by Crippen LogP contribution is 2.21. The van der Waals surface area contributed by atoms with Crippen LogP contribution in [-0.2, 0) is 25.1 Å². The number of amides is 1. The number of ether oxygens (including phenoxy) is 1. The number of sulfone groups is 1. The number of nitrogens with one attached hydrogen (secondary N) is 1. The smallest absolute Gasteiger partial charge is 0.375 e. The normalized spacial score (nSPS) is 12.2. The average molecular weight is 415 g/mol. The van der Waals surface area contributed by atoms with Gasteiger partial charge in [-0.25, -0.2) is 23.2 Å². The van der Waals surface area contributed by atoms with Gasteiger partial charge in [-0.05, 0) is 31.2 Å². The molecule has 2 aromatic heterocycles. The van der Waals surface area contributed by atoms with Crippen LogP contribution in [-0.4, -0.2) is 36.4 Å². The van der Waals surface area contributed by atoms with Gasteiger partial charge in [-0.3, -0.25) is 10.1 Å². The van der Waals surface area contributed by atoms with E-state index in [-0.39, 0.29) is 22.2 Å². The molecule has 1 N–H and O–H groups in total. The molecule has 1 unspecified atom stereocenters. The standard InChI is InChI=1S/C19H17N3O6S/c1-13(17(23)22-19-20-9-5-10-21-19)28-18(24)16-14(8-11-27-16)12-29(25,26)15-6-3-2-4-7-15/h2-11,13H,12H2,1H3,(H,20,21,22,23). The van der Waals surface area contributed by atoms with Crippen LogP contribution in [0.3, 0.4) is 0 Å². The first kappa shape index (κ1) is 20.2. The van der Waals surface area contributed by atoms with E-state index in [1.807, 2.05) is 0 Å². The van der Waals surface area contributed by atoms with E-state index in [1.165, 1.54) is 43.8 Å². The number of aromatic nitrogens is 2. The fraction of sp³-hybridized carbons (Fsp3) is 0.158. The van der Waals surface area contributed by atoms with Crippen LogP contribution in [0.25, 0.3) is 0 Å². The second kappa shape index (κ2) is 8.65. The first-order valence-corrected chi connectivity index (χ1v) is 10.1. The summed E-state index contributed by atoms with van der Waals surface area (Å²) in [5, 5.41) is 2.40. The van der Waals surface area contributed by atoms with Crippen molar-refractivity contribution in [2.45, 2.75) is 23.7 Å². The Kier molecular flexibility index (Phi) is 6.03. The first-order valence-electron chi connectivity index (χ1n) is 8.50. The molecule has 0 fully saturated rings. The molecule has 29 heavy (non-hydrogen) atoms. The first-order chi connectivity index (χ1) is 13.9. The highest BCUT2D eigenvalue weighted by molar-refractivity contribution is 7.90. The quantitative estimate of drug-likeness (QED) is 0.582. The van der Waals surface area contributed by atoms with Gasteiger partial charge in [0.25, 0.3) is 5.91 Å². The van der Waals surface area contributed by atoms with Gasteiger partial charge in [0.2, 0.25) is 11.7 Å². The topological polar surface area (TPSA) is 128 Å². The van der Waals surface area contributed by atoms with E-state index in [0.717, 1.165) is 0 Å². The molecule has 1 atom stereocenters. The molecule has 0 aliphatic rings. The minimum absolute atomic E-state index is 0.0630. The highest BCUT2D eigenvalue weighted by Gasteiger charge is 2.26. The summed E-state index contributed by atoms with van der Waals surface area (Å²) in [5.41, 5.74) is 0.137. The van der Waals surface area contributed by atoms with Gasteiger partial charge in [0.1, 0.15) is 0 Å². The van der Waals surface area contributed by atoms with Gasteiger partial charge in [0, 0.05) is 18.0 Å². The zero-order chi connectivity index (χ0) is 20.9. The third-order valence-corrected chi connectivity index (χ3v) is 5.52.